The fourth-order valence-electron chi connectivity index (χ4n) is 3.47. The molecule has 3 rings (SSSR count). The van der Waals surface area contributed by atoms with E-state index in [2.05, 4.69) is 9.46 Å². The average molecular weight is 445 g/mol. The molecular formula is C22H24N2O6S. The highest BCUT2D eigenvalue weighted by Crippen LogP contribution is 2.30. The summed E-state index contributed by atoms with van der Waals surface area (Å²) in [6.45, 7) is 3.28. The lowest BCUT2D eigenvalue weighted by atomic mass is 10.00. The Labute approximate surface area is 181 Å². The number of rotatable bonds is 7. The third-order valence-corrected chi connectivity index (χ3v) is 7.03. The second-order valence-corrected chi connectivity index (χ2v) is 9.89. The Morgan fingerprint density at radius 1 is 1.16 bits per heavy atom. The maximum atomic E-state index is 12.2. The molecule has 1 aliphatic rings. The summed E-state index contributed by atoms with van der Waals surface area (Å²) in [6, 6.07) is 13.4. The lowest BCUT2D eigenvalue weighted by Crippen LogP contribution is -2.44. The van der Waals surface area contributed by atoms with Crippen LogP contribution in [-0.2, 0) is 10.0 Å². The van der Waals surface area contributed by atoms with Gasteiger partial charge in [-0.1, -0.05) is 12.1 Å². The Bertz CT molecular complexity index is 1090. The molecule has 0 aliphatic heterocycles. The molecule has 2 aromatic rings. The zero-order valence-electron chi connectivity index (χ0n) is 17.2. The normalized spacial score (nSPS) is 18.5. The first-order valence-corrected chi connectivity index (χ1v) is 11.5. The highest BCUT2D eigenvalue weighted by Gasteiger charge is 2.33. The van der Waals surface area contributed by atoms with Crippen molar-refractivity contribution in [3.63, 3.8) is 0 Å². The summed E-state index contributed by atoms with van der Waals surface area (Å²) in [5, 5.41) is 17.6. The number of nitrogens with zero attached hydrogens (tertiary/aromatic N) is 1. The van der Waals surface area contributed by atoms with Gasteiger partial charge in [-0.05, 0) is 74.6 Å². The van der Waals surface area contributed by atoms with Crippen LogP contribution in [-0.4, -0.2) is 37.1 Å². The number of hydrogen-bond donors (Lipinski definition) is 2. The molecule has 0 amide bonds. The molecule has 2 N–H and O–H groups in total. The highest BCUT2D eigenvalue weighted by atomic mass is 32.2. The topological polar surface area (TPSA) is 126 Å². The summed E-state index contributed by atoms with van der Waals surface area (Å²) in [5.74, 6) is 0.678. The first-order chi connectivity index (χ1) is 14.7. The van der Waals surface area contributed by atoms with Crippen LogP contribution >= 0.6 is 0 Å². The summed E-state index contributed by atoms with van der Waals surface area (Å²) in [5.41, 5.74) is 1.68. The minimum Gasteiger partial charge on any atom is -0.489 e. The van der Waals surface area contributed by atoms with Gasteiger partial charge in [-0.25, -0.2) is 17.9 Å². The standard InChI is InChI=1S/C22H24N2O6S/c1-14(2)31(27,28)24-20-4-3-5-21(20)29-17-8-6-15(7-9-17)19-11-10-18(30-22(25)26)12-16(19)13-23/h6-12,14,20-21,24H,3-5H2,1-2H3,(H,25,26)/t20-,21+/m0/s1. The third-order valence-electron chi connectivity index (χ3n) is 5.16. The monoisotopic (exact) mass is 444 g/mol. The van der Waals surface area contributed by atoms with Crippen molar-refractivity contribution in [1.82, 2.24) is 4.72 Å². The second kappa shape index (κ2) is 9.37. The molecule has 9 heteroatoms. The van der Waals surface area contributed by atoms with Crippen molar-refractivity contribution in [2.45, 2.75) is 50.5 Å². The molecule has 0 unspecified atom stereocenters. The van der Waals surface area contributed by atoms with Gasteiger partial charge in [0.2, 0.25) is 10.0 Å². The summed E-state index contributed by atoms with van der Waals surface area (Å²) >= 11 is 0. The predicted molar refractivity (Wildman–Crippen MR) is 114 cm³/mol. The van der Waals surface area contributed by atoms with E-state index in [1.165, 1.54) is 12.1 Å². The van der Waals surface area contributed by atoms with Gasteiger partial charge in [0.25, 0.3) is 0 Å². The molecule has 1 fully saturated rings. The Balaban J connectivity index is 1.73. The smallest absolute Gasteiger partial charge is 0.489 e. The molecule has 0 spiro atoms. The number of benzene rings is 2. The van der Waals surface area contributed by atoms with Gasteiger partial charge in [-0.15, -0.1) is 0 Å². The molecule has 2 atom stereocenters. The van der Waals surface area contributed by atoms with Gasteiger partial charge >= 0.3 is 6.16 Å². The lowest BCUT2D eigenvalue weighted by molar-refractivity contribution is 0.144. The van der Waals surface area contributed by atoms with E-state index in [1.807, 2.05) is 6.07 Å². The Kier molecular flexibility index (Phi) is 6.83. The number of hydrogen-bond acceptors (Lipinski definition) is 6. The van der Waals surface area contributed by atoms with E-state index in [0.29, 0.717) is 11.3 Å². The maximum absolute atomic E-state index is 12.2. The summed E-state index contributed by atoms with van der Waals surface area (Å²) in [6.07, 6.45) is 0.673. The molecule has 2 aromatic carbocycles. The zero-order valence-corrected chi connectivity index (χ0v) is 18.1. The molecule has 1 aliphatic carbocycles. The predicted octanol–water partition coefficient (Wildman–Crippen LogP) is 3.91. The van der Waals surface area contributed by atoms with Crippen LogP contribution in [0.4, 0.5) is 4.79 Å². The van der Waals surface area contributed by atoms with Crippen LogP contribution in [0.2, 0.25) is 0 Å². The molecule has 0 heterocycles. The molecule has 164 valence electrons. The lowest BCUT2D eigenvalue weighted by Gasteiger charge is -2.23. The van der Waals surface area contributed by atoms with Crippen LogP contribution in [0.5, 0.6) is 11.5 Å². The molecule has 0 bridgehead atoms. The van der Waals surface area contributed by atoms with Gasteiger partial charge in [0.05, 0.1) is 22.9 Å². The van der Waals surface area contributed by atoms with Gasteiger partial charge in [0.15, 0.2) is 0 Å². The summed E-state index contributed by atoms with van der Waals surface area (Å²) in [4.78, 5) is 10.7. The fourth-order valence-corrected chi connectivity index (χ4v) is 4.43. The SMILES string of the molecule is CC(C)S(=O)(=O)N[C@H]1CCC[C@H]1Oc1ccc(-c2ccc(OC(=O)O)cc2C#N)cc1. The van der Waals surface area contributed by atoms with Gasteiger partial charge in [-0.2, -0.15) is 5.26 Å². The minimum atomic E-state index is -3.38. The minimum absolute atomic E-state index is 0.0730. The average Bonchev–Trinajstić information content (AvgIpc) is 3.14. The van der Waals surface area contributed by atoms with E-state index in [0.717, 1.165) is 24.8 Å². The van der Waals surface area contributed by atoms with E-state index < -0.39 is 21.4 Å². The maximum Gasteiger partial charge on any atom is 0.511 e. The van der Waals surface area contributed by atoms with Crippen molar-refractivity contribution in [3.8, 4) is 28.7 Å². The molecular weight excluding hydrogens is 420 g/mol. The summed E-state index contributed by atoms with van der Waals surface area (Å²) < 4.78 is 37.8. The number of ether oxygens (including phenoxy) is 2. The van der Waals surface area contributed by atoms with E-state index in [-0.39, 0.29) is 23.5 Å². The first kappa shape index (κ1) is 22.6. The van der Waals surface area contributed by atoms with Gasteiger partial charge in [0, 0.05) is 0 Å². The second-order valence-electron chi connectivity index (χ2n) is 7.62. The van der Waals surface area contributed by atoms with Crippen molar-refractivity contribution < 1.29 is 27.8 Å². The molecule has 0 saturated heterocycles. The van der Waals surface area contributed by atoms with Crippen molar-refractivity contribution in [1.29, 1.82) is 5.26 Å². The number of nitrogens with one attached hydrogen (secondary N) is 1. The largest absolute Gasteiger partial charge is 0.511 e. The molecule has 1 saturated carbocycles. The first-order valence-electron chi connectivity index (χ1n) is 9.93. The van der Waals surface area contributed by atoms with E-state index in [9.17, 15) is 18.5 Å². The number of carbonyl (C=O) groups is 1. The fraction of sp³-hybridized carbons (Fsp3) is 0.364. The van der Waals surface area contributed by atoms with E-state index in [1.54, 1.807) is 44.2 Å². The van der Waals surface area contributed by atoms with E-state index in [4.69, 9.17) is 9.84 Å². The molecule has 0 radical (unpaired) electrons. The summed E-state index contributed by atoms with van der Waals surface area (Å²) in [7, 11) is -3.38. The van der Waals surface area contributed by atoms with Gasteiger partial charge < -0.3 is 14.6 Å². The van der Waals surface area contributed by atoms with Crippen molar-refractivity contribution in [2.24, 2.45) is 0 Å². The molecule has 31 heavy (non-hydrogen) atoms. The van der Waals surface area contributed by atoms with Crippen molar-refractivity contribution >= 4 is 16.2 Å². The van der Waals surface area contributed by atoms with Crippen LogP contribution in [0.3, 0.4) is 0 Å². The van der Waals surface area contributed by atoms with Crippen LogP contribution in [0, 0.1) is 11.3 Å². The van der Waals surface area contributed by atoms with Crippen molar-refractivity contribution in [2.75, 3.05) is 0 Å². The number of nitriles is 1. The van der Waals surface area contributed by atoms with Crippen LogP contribution in [0.1, 0.15) is 38.7 Å². The number of carboxylic acid groups (broad SMARTS) is 1. The molecule has 8 nitrogen and oxygen atoms in total. The third kappa shape index (κ3) is 5.54. The van der Waals surface area contributed by atoms with Crippen molar-refractivity contribution in [3.05, 3.63) is 48.0 Å². The number of sulfonamides is 1. The highest BCUT2D eigenvalue weighted by molar-refractivity contribution is 7.90. The zero-order chi connectivity index (χ0) is 22.6. The van der Waals surface area contributed by atoms with Crippen LogP contribution < -0.4 is 14.2 Å². The Hall–Kier alpha value is -3.09. The van der Waals surface area contributed by atoms with Gasteiger partial charge in [0.1, 0.15) is 17.6 Å². The Morgan fingerprint density at radius 3 is 2.45 bits per heavy atom. The van der Waals surface area contributed by atoms with E-state index >= 15 is 0 Å². The Morgan fingerprint density at radius 2 is 1.84 bits per heavy atom. The van der Waals surface area contributed by atoms with Crippen LogP contribution in [0.15, 0.2) is 42.5 Å². The quantitative estimate of drug-likeness (QED) is 0.490. The van der Waals surface area contributed by atoms with Gasteiger partial charge in [-0.3, -0.25) is 0 Å². The molecule has 0 aromatic heterocycles. The van der Waals surface area contributed by atoms with Crippen LogP contribution in [0.25, 0.3) is 11.1 Å².